The molecule has 0 saturated carbocycles. The summed E-state index contributed by atoms with van der Waals surface area (Å²) >= 11 is 0. The molecule has 0 aliphatic carbocycles. The van der Waals surface area contributed by atoms with Gasteiger partial charge in [-0.15, -0.1) is 0 Å². The molecular weight excluding hydrogens is 222 g/mol. The van der Waals surface area contributed by atoms with E-state index in [2.05, 4.69) is 56.0 Å². The van der Waals surface area contributed by atoms with Crippen molar-refractivity contribution < 1.29 is 0 Å². The van der Waals surface area contributed by atoms with Crippen molar-refractivity contribution in [3.05, 3.63) is 29.1 Å². The molecule has 1 heterocycles. The number of hydrogen-bond donors (Lipinski definition) is 1. The van der Waals surface area contributed by atoms with Gasteiger partial charge in [-0.3, -0.25) is 4.98 Å². The van der Waals surface area contributed by atoms with Crippen LogP contribution in [-0.4, -0.2) is 35.6 Å². The highest BCUT2D eigenvalue weighted by molar-refractivity contribution is 5.22. The van der Waals surface area contributed by atoms with Gasteiger partial charge in [0.05, 0.1) is 0 Å². The normalized spacial score (nSPS) is 13.3. The van der Waals surface area contributed by atoms with Crippen molar-refractivity contribution in [1.82, 2.24) is 15.2 Å². The largest absolute Gasteiger partial charge is 0.309 e. The van der Waals surface area contributed by atoms with E-state index in [0.29, 0.717) is 12.1 Å². The molecule has 0 aliphatic heterocycles. The summed E-state index contributed by atoms with van der Waals surface area (Å²) in [5.41, 5.74) is 3.64. The predicted molar refractivity (Wildman–Crippen MR) is 77.8 cm³/mol. The van der Waals surface area contributed by atoms with Crippen LogP contribution in [0, 0.1) is 13.8 Å². The second-order valence-electron chi connectivity index (χ2n) is 5.56. The van der Waals surface area contributed by atoms with Crippen LogP contribution in [0.1, 0.15) is 37.6 Å². The van der Waals surface area contributed by atoms with Crippen molar-refractivity contribution in [2.24, 2.45) is 0 Å². The number of rotatable bonds is 6. The Morgan fingerprint density at radius 1 is 1.28 bits per heavy atom. The molecule has 102 valence electrons. The average Bonchev–Trinajstić information content (AvgIpc) is 2.30. The van der Waals surface area contributed by atoms with Crippen LogP contribution in [0.5, 0.6) is 0 Å². The molecule has 1 atom stereocenters. The zero-order valence-electron chi connectivity index (χ0n) is 12.6. The van der Waals surface area contributed by atoms with E-state index in [0.717, 1.165) is 18.8 Å². The maximum atomic E-state index is 4.40. The van der Waals surface area contributed by atoms with Crippen LogP contribution in [0.25, 0.3) is 0 Å². The topological polar surface area (TPSA) is 28.2 Å². The molecule has 0 saturated heterocycles. The summed E-state index contributed by atoms with van der Waals surface area (Å²) in [6, 6.07) is 3.30. The maximum absolute atomic E-state index is 4.40. The van der Waals surface area contributed by atoms with Crippen LogP contribution in [0.2, 0.25) is 0 Å². The summed E-state index contributed by atoms with van der Waals surface area (Å²) < 4.78 is 0. The Hall–Kier alpha value is -0.930. The van der Waals surface area contributed by atoms with Gasteiger partial charge in [0.1, 0.15) is 0 Å². The molecule has 0 radical (unpaired) electrons. The highest BCUT2D eigenvalue weighted by atomic mass is 15.1. The second kappa shape index (κ2) is 6.86. The summed E-state index contributed by atoms with van der Waals surface area (Å²) in [7, 11) is 2.17. The van der Waals surface area contributed by atoms with Gasteiger partial charge in [-0.1, -0.05) is 6.07 Å². The van der Waals surface area contributed by atoms with Gasteiger partial charge in [0, 0.05) is 37.1 Å². The minimum absolute atomic E-state index is 0.485. The highest BCUT2D eigenvalue weighted by Crippen LogP contribution is 2.06. The van der Waals surface area contributed by atoms with Gasteiger partial charge in [0.15, 0.2) is 0 Å². The lowest BCUT2D eigenvalue weighted by Crippen LogP contribution is -2.39. The lowest BCUT2D eigenvalue weighted by atomic mass is 10.1. The van der Waals surface area contributed by atoms with E-state index in [9.17, 15) is 0 Å². The van der Waals surface area contributed by atoms with Gasteiger partial charge in [-0.05, 0) is 52.8 Å². The third-order valence-electron chi connectivity index (χ3n) is 3.49. The first kappa shape index (κ1) is 15.1. The molecule has 0 bridgehead atoms. The molecule has 0 aliphatic rings. The van der Waals surface area contributed by atoms with Gasteiger partial charge in [0.2, 0.25) is 0 Å². The molecule has 1 N–H and O–H groups in total. The number of aryl methyl sites for hydroxylation is 2. The van der Waals surface area contributed by atoms with Crippen LogP contribution in [0.4, 0.5) is 0 Å². The molecule has 0 amide bonds. The molecule has 18 heavy (non-hydrogen) atoms. The first-order valence-electron chi connectivity index (χ1n) is 6.76. The van der Waals surface area contributed by atoms with Crippen LogP contribution in [0.15, 0.2) is 12.3 Å². The number of aromatic nitrogens is 1. The molecular formula is C15H27N3. The monoisotopic (exact) mass is 249 g/mol. The van der Waals surface area contributed by atoms with Crippen LogP contribution in [-0.2, 0) is 6.54 Å². The van der Waals surface area contributed by atoms with Crippen molar-refractivity contribution in [2.75, 3.05) is 13.6 Å². The van der Waals surface area contributed by atoms with Crippen LogP contribution < -0.4 is 5.32 Å². The van der Waals surface area contributed by atoms with Crippen LogP contribution >= 0.6 is 0 Å². The Morgan fingerprint density at radius 3 is 2.50 bits per heavy atom. The molecule has 1 aromatic heterocycles. The van der Waals surface area contributed by atoms with Crippen molar-refractivity contribution in [1.29, 1.82) is 0 Å². The molecule has 3 nitrogen and oxygen atoms in total. The number of nitrogens with zero attached hydrogens (tertiary/aromatic N) is 2. The first-order chi connectivity index (χ1) is 8.40. The second-order valence-corrected chi connectivity index (χ2v) is 5.56. The summed E-state index contributed by atoms with van der Waals surface area (Å²) in [6.45, 7) is 12.8. The first-order valence-corrected chi connectivity index (χ1v) is 6.76. The lowest BCUT2D eigenvalue weighted by molar-refractivity contribution is 0.246. The number of nitrogens with one attached hydrogen (secondary N) is 1. The third kappa shape index (κ3) is 4.75. The van der Waals surface area contributed by atoms with E-state index < -0.39 is 0 Å². The van der Waals surface area contributed by atoms with Gasteiger partial charge < -0.3 is 10.2 Å². The Labute approximate surface area is 112 Å². The third-order valence-corrected chi connectivity index (χ3v) is 3.49. The zero-order chi connectivity index (χ0) is 13.7. The highest BCUT2D eigenvalue weighted by Gasteiger charge is 2.08. The molecule has 0 fully saturated rings. The molecule has 3 heteroatoms. The van der Waals surface area contributed by atoms with E-state index >= 15 is 0 Å². The van der Waals surface area contributed by atoms with Gasteiger partial charge in [-0.2, -0.15) is 0 Å². The van der Waals surface area contributed by atoms with Crippen molar-refractivity contribution in [2.45, 2.75) is 53.2 Å². The molecule has 1 aromatic rings. The minimum atomic E-state index is 0.485. The summed E-state index contributed by atoms with van der Waals surface area (Å²) in [6.07, 6.45) is 1.97. The van der Waals surface area contributed by atoms with Gasteiger partial charge in [0.25, 0.3) is 0 Å². The lowest BCUT2D eigenvalue weighted by Gasteiger charge is -2.25. The Kier molecular flexibility index (Phi) is 5.76. The minimum Gasteiger partial charge on any atom is -0.309 e. The predicted octanol–water partition coefficient (Wildman–Crippen LogP) is 2.52. The Bertz CT molecular complexity index is 374. The van der Waals surface area contributed by atoms with E-state index in [4.69, 9.17) is 0 Å². The van der Waals surface area contributed by atoms with Gasteiger partial charge in [-0.25, -0.2) is 0 Å². The van der Waals surface area contributed by atoms with Gasteiger partial charge >= 0.3 is 0 Å². The van der Waals surface area contributed by atoms with E-state index in [1.54, 1.807) is 0 Å². The van der Waals surface area contributed by atoms with Crippen LogP contribution in [0.3, 0.4) is 0 Å². The van der Waals surface area contributed by atoms with E-state index in [1.807, 2.05) is 13.1 Å². The fraction of sp³-hybridized carbons (Fsp3) is 0.667. The number of likely N-dealkylation sites (N-methyl/N-ethyl adjacent to an activating group) is 1. The summed E-state index contributed by atoms with van der Waals surface area (Å²) in [5.74, 6) is 0. The fourth-order valence-electron chi connectivity index (χ4n) is 1.80. The molecule has 0 aromatic carbocycles. The standard InChI is InChI=1S/C15H27N3/c1-11(2)18(6)10-13(4)16-8-15-7-12(3)14(5)17-9-15/h7,9,11,13,16H,8,10H2,1-6H3. The SMILES string of the molecule is Cc1cc(CNC(C)CN(C)C(C)C)cnc1C. The molecule has 0 spiro atoms. The Balaban J connectivity index is 2.42. The van der Waals surface area contributed by atoms with E-state index in [1.165, 1.54) is 11.1 Å². The average molecular weight is 249 g/mol. The smallest absolute Gasteiger partial charge is 0.0402 e. The maximum Gasteiger partial charge on any atom is 0.0402 e. The molecule has 1 unspecified atom stereocenters. The quantitative estimate of drug-likeness (QED) is 0.839. The molecule has 1 rings (SSSR count). The van der Waals surface area contributed by atoms with Crippen molar-refractivity contribution >= 4 is 0 Å². The van der Waals surface area contributed by atoms with Crippen molar-refractivity contribution in [3.8, 4) is 0 Å². The van der Waals surface area contributed by atoms with E-state index in [-0.39, 0.29) is 0 Å². The number of pyridine rings is 1. The Morgan fingerprint density at radius 2 is 1.94 bits per heavy atom. The number of hydrogen-bond acceptors (Lipinski definition) is 3. The summed E-state index contributed by atoms with van der Waals surface area (Å²) in [4.78, 5) is 6.75. The fourth-order valence-corrected chi connectivity index (χ4v) is 1.80. The zero-order valence-corrected chi connectivity index (χ0v) is 12.6. The summed E-state index contributed by atoms with van der Waals surface area (Å²) in [5, 5.41) is 3.55. The van der Waals surface area contributed by atoms with Crippen molar-refractivity contribution in [3.63, 3.8) is 0 Å².